The maximum absolute atomic E-state index is 12.7. The van der Waals surface area contributed by atoms with E-state index in [2.05, 4.69) is 15.9 Å². The van der Waals surface area contributed by atoms with Crippen LogP contribution in [-0.4, -0.2) is 42.1 Å². The lowest BCUT2D eigenvalue weighted by Gasteiger charge is -2.11. The molecule has 1 aliphatic rings. The lowest BCUT2D eigenvalue weighted by Crippen LogP contribution is -2.33. The summed E-state index contributed by atoms with van der Waals surface area (Å²) in [6, 6.07) is 13.5. The number of benzene rings is 2. The van der Waals surface area contributed by atoms with E-state index in [4.69, 9.17) is 14.7 Å². The number of thioether (sulfide) groups is 1. The Morgan fingerprint density at radius 3 is 2.60 bits per heavy atom. The van der Waals surface area contributed by atoms with Gasteiger partial charge in [0.15, 0.2) is 23.9 Å². The molecule has 0 aliphatic carbocycles. The molecule has 2 amide bonds. The summed E-state index contributed by atoms with van der Waals surface area (Å²) < 4.78 is 11.3. The van der Waals surface area contributed by atoms with E-state index in [9.17, 15) is 14.4 Å². The molecular weight excluding hydrogens is 472 g/mol. The van der Waals surface area contributed by atoms with Gasteiger partial charge in [0.25, 0.3) is 11.1 Å². The second-order valence-electron chi connectivity index (χ2n) is 6.06. The van der Waals surface area contributed by atoms with Crippen LogP contribution in [0.25, 0.3) is 6.08 Å². The molecule has 1 heterocycles. The van der Waals surface area contributed by atoms with Gasteiger partial charge in [-0.25, -0.2) is 0 Å². The molecule has 1 saturated heterocycles. The zero-order valence-corrected chi connectivity index (χ0v) is 18.2. The van der Waals surface area contributed by atoms with Gasteiger partial charge in [-0.2, -0.15) is 5.26 Å². The topological polar surface area (TPSA) is 96.7 Å². The largest absolute Gasteiger partial charge is 0.493 e. The fraction of sp³-hybridized carbons (Fsp3) is 0.143. The van der Waals surface area contributed by atoms with Crippen LogP contribution >= 0.6 is 27.7 Å². The first-order valence-electron chi connectivity index (χ1n) is 8.65. The van der Waals surface area contributed by atoms with Crippen molar-refractivity contribution in [3.63, 3.8) is 0 Å². The highest BCUT2D eigenvalue weighted by molar-refractivity contribution is 9.10. The molecule has 0 spiro atoms. The Bertz CT molecular complexity index is 1080. The lowest BCUT2D eigenvalue weighted by atomic mass is 10.1. The number of nitriles is 1. The molecule has 3 rings (SSSR count). The van der Waals surface area contributed by atoms with Gasteiger partial charge in [-0.05, 0) is 47.7 Å². The second kappa shape index (κ2) is 9.61. The van der Waals surface area contributed by atoms with Crippen molar-refractivity contribution in [1.29, 1.82) is 5.26 Å². The summed E-state index contributed by atoms with van der Waals surface area (Å²) in [4.78, 5) is 38.5. The van der Waals surface area contributed by atoms with E-state index in [-0.39, 0.29) is 23.8 Å². The summed E-state index contributed by atoms with van der Waals surface area (Å²) in [5, 5.41) is 8.13. The number of hydrogen-bond donors (Lipinski definition) is 0. The number of imide groups is 1. The van der Waals surface area contributed by atoms with Gasteiger partial charge < -0.3 is 9.47 Å². The molecule has 0 atom stereocenters. The number of carbonyl (C=O) groups is 3. The molecule has 152 valence electrons. The van der Waals surface area contributed by atoms with E-state index in [0.29, 0.717) is 22.6 Å². The van der Waals surface area contributed by atoms with Crippen molar-refractivity contribution in [2.24, 2.45) is 0 Å². The molecule has 7 nitrogen and oxygen atoms in total. The van der Waals surface area contributed by atoms with Gasteiger partial charge in [0.2, 0.25) is 0 Å². The van der Waals surface area contributed by atoms with Gasteiger partial charge >= 0.3 is 0 Å². The van der Waals surface area contributed by atoms with Crippen LogP contribution in [-0.2, 0) is 4.79 Å². The summed E-state index contributed by atoms with van der Waals surface area (Å²) in [7, 11) is 1.46. The van der Waals surface area contributed by atoms with Crippen molar-refractivity contribution in [3.8, 4) is 17.6 Å². The van der Waals surface area contributed by atoms with Gasteiger partial charge in [0, 0.05) is 10.0 Å². The number of hydrogen-bond acceptors (Lipinski definition) is 7. The summed E-state index contributed by atoms with van der Waals surface area (Å²) in [6.07, 6.45) is 1.55. The minimum atomic E-state index is -0.528. The number of ketones is 1. The van der Waals surface area contributed by atoms with Gasteiger partial charge in [0.05, 0.1) is 18.6 Å². The van der Waals surface area contributed by atoms with Crippen molar-refractivity contribution in [1.82, 2.24) is 4.90 Å². The SMILES string of the molecule is COc1cc(/C=C2\SC(=O)N(CC(=O)c3ccc(Br)cc3)C2=O)ccc1OCC#N. The number of amides is 2. The minimum Gasteiger partial charge on any atom is -0.493 e. The molecule has 30 heavy (non-hydrogen) atoms. The molecule has 0 radical (unpaired) electrons. The molecule has 0 bridgehead atoms. The molecule has 0 unspecified atom stereocenters. The summed E-state index contributed by atoms with van der Waals surface area (Å²) in [5.41, 5.74) is 1.03. The van der Waals surface area contributed by atoms with Gasteiger partial charge in [0.1, 0.15) is 6.07 Å². The Labute approximate surface area is 185 Å². The molecule has 1 aliphatic heterocycles. The van der Waals surface area contributed by atoms with E-state index in [0.717, 1.165) is 21.1 Å². The number of Topliss-reactive ketones (excluding diaryl/α,β-unsaturated/α-hetero) is 1. The molecule has 2 aromatic carbocycles. The van der Waals surface area contributed by atoms with Crippen molar-refractivity contribution in [2.75, 3.05) is 20.3 Å². The lowest BCUT2D eigenvalue weighted by molar-refractivity contribution is -0.122. The zero-order valence-electron chi connectivity index (χ0n) is 15.8. The molecule has 1 fully saturated rings. The molecule has 9 heteroatoms. The third-order valence-electron chi connectivity index (χ3n) is 4.12. The predicted octanol–water partition coefficient (Wildman–Crippen LogP) is 4.28. The van der Waals surface area contributed by atoms with Crippen LogP contribution in [0.1, 0.15) is 15.9 Å². The van der Waals surface area contributed by atoms with Crippen molar-refractivity contribution >= 4 is 50.7 Å². The number of carbonyl (C=O) groups excluding carboxylic acids is 3. The van der Waals surface area contributed by atoms with Crippen LogP contribution < -0.4 is 9.47 Å². The minimum absolute atomic E-state index is 0.124. The highest BCUT2D eigenvalue weighted by atomic mass is 79.9. The Kier molecular flexibility index (Phi) is 6.92. The van der Waals surface area contributed by atoms with Crippen LogP contribution in [0.4, 0.5) is 4.79 Å². The van der Waals surface area contributed by atoms with Gasteiger partial charge in [-0.15, -0.1) is 0 Å². The fourth-order valence-corrected chi connectivity index (χ4v) is 3.76. The Balaban J connectivity index is 1.77. The molecule has 0 N–H and O–H groups in total. The number of methoxy groups -OCH3 is 1. The monoisotopic (exact) mass is 486 g/mol. The first-order chi connectivity index (χ1) is 14.4. The molecule has 0 saturated carbocycles. The molecule has 0 aromatic heterocycles. The Morgan fingerprint density at radius 1 is 1.20 bits per heavy atom. The van der Waals surface area contributed by atoms with E-state index >= 15 is 0 Å². The van der Waals surface area contributed by atoms with Crippen molar-refractivity contribution in [3.05, 3.63) is 63.0 Å². The second-order valence-corrected chi connectivity index (χ2v) is 7.96. The third-order valence-corrected chi connectivity index (χ3v) is 5.56. The summed E-state index contributed by atoms with van der Waals surface area (Å²) in [5.74, 6) is -0.0704. The standard InChI is InChI=1S/C21H15BrN2O5S/c1-28-18-10-13(2-7-17(18)29-9-8-23)11-19-20(26)24(21(27)30-19)12-16(25)14-3-5-15(22)6-4-14/h2-7,10-11H,9,12H2,1H3/b19-11-. The third kappa shape index (κ3) is 4.90. The maximum atomic E-state index is 12.7. The van der Waals surface area contributed by atoms with Gasteiger partial charge in [-0.1, -0.05) is 34.1 Å². The molecular formula is C21H15BrN2O5S. The van der Waals surface area contributed by atoms with E-state index in [1.54, 1.807) is 48.5 Å². The fourth-order valence-electron chi connectivity index (χ4n) is 2.66. The maximum Gasteiger partial charge on any atom is 0.293 e. The number of ether oxygens (including phenoxy) is 2. The highest BCUT2D eigenvalue weighted by Gasteiger charge is 2.36. The first-order valence-corrected chi connectivity index (χ1v) is 10.3. The average molecular weight is 487 g/mol. The van der Waals surface area contributed by atoms with Crippen LogP contribution in [0.2, 0.25) is 0 Å². The molecule has 2 aromatic rings. The smallest absolute Gasteiger partial charge is 0.293 e. The Morgan fingerprint density at radius 2 is 1.93 bits per heavy atom. The normalized spacial score (nSPS) is 14.7. The summed E-state index contributed by atoms with van der Waals surface area (Å²) in [6.45, 7) is -0.450. The average Bonchev–Trinajstić information content (AvgIpc) is 3.00. The highest BCUT2D eigenvalue weighted by Crippen LogP contribution is 2.34. The van der Waals surface area contributed by atoms with Crippen LogP contribution in [0.3, 0.4) is 0 Å². The van der Waals surface area contributed by atoms with E-state index < -0.39 is 11.1 Å². The van der Waals surface area contributed by atoms with Gasteiger partial charge in [-0.3, -0.25) is 19.3 Å². The van der Waals surface area contributed by atoms with Crippen LogP contribution in [0.5, 0.6) is 11.5 Å². The van der Waals surface area contributed by atoms with E-state index in [1.807, 2.05) is 6.07 Å². The Hall–Kier alpha value is -3.09. The first kappa shape index (κ1) is 21.6. The van der Waals surface area contributed by atoms with Crippen LogP contribution in [0, 0.1) is 11.3 Å². The van der Waals surface area contributed by atoms with E-state index in [1.165, 1.54) is 7.11 Å². The number of nitrogens with zero attached hydrogens (tertiary/aromatic N) is 2. The van der Waals surface area contributed by atoms with Crippen LogP contribution in [0.15, 0.2) is 51.8 Å². The quantitative estimate of drug-likeness (QED) is 0.425. The van der Waals surface area contributed by atoms with Crippen molar-refractivity contribution < 1.29 is 23.9 Å². The van der Waals surface area contributed by atoms with Crippen molar-refractivity contribution in [2.45, 2.75) is 0 Å². The predicted molar refractivity (Wildman–Crippen MR) is 115 cm³/mol. The number of halogens is 1. The summed E-state index contributed by atoms with van der Waals surface area (Å²) >= 11 is 4.07. The zero-order chi connectivity index (χ0) is 21.7. The number of rotatable bonds is 7.